The summed E-state index contributed by atoms with van der Waals surface area (Å²) in [6.45, 7) is 5.57. The lowest BCUT2D eigenvalue weighted by Gasteiger charge is -2.22. The average Bonchev–Trinajstić information content (AvgIpc) is 3.11. The molecule has 1 fully saturated rings. The fourth-order valence-corrected chi connectivity index (χ4v) is 3.14. The second kappa shape index (κ2) is 7.95. The number of amides is 1. The van der Waals surface area contributed by atoms with Crippen molar-refractivity contribution in [2.75, 3.05) is 56.4 Å². The molecule has 2 aromatic rings. The molecule has 1 N–H and O–H groups in total. The minimum atomic E-state index is -0.185. The van der Waals surface area contributed by atoms with E-state index in [0.29, 0.717) is 5.95 Å². The highest BCUT2D eigenvalue weighted by molar-refractivity contribution is 5.90. The van der Waals surface area contributed by atoms with Crippen LogP contribution in [0.1, 0.15) is 28.3 Å². The minimum absolute atomic E-state index is 0.185. The van der Waals surface area contributed by atoms with Crippen molar-refractivity contribution in [1.29, 1.82) is 0 Å². The Hall–Kier alpha value is -2.97. The van der Waals surface area contributed by atoms with Crippen LogP contribution in [0.5, 0.6) is 0 Å². The first-order valence-corrected chi connectivity index (χ1v) is 9.35. The molecule has 0 unspecified atom stereocenters. The number of nitrogens with one attached hydrogen (secondary N) is 1. The Labute approximate surface area is 165 Å². The van der Waals surface area contributed by atoms with Gasteiger partial charge in [0.15, 0.2) is 0 Å². The van der Waals surface area contributed by atoms with Crippen molar-refractivity contribution in [3.63, 3.8) is 0 Å². The van der Waals surface area contributed by atoms with E-state index in [-0.39, 0.29) is 17.8 Å². The van der Waals surface area contributed by atoms with Crippen molar-refractivity contribution in [3.8, 4) is 0 Å². The Morgan fingerprint density at radius 1 is 1.18 bits per heavy atom. The summed E-state index contributed by atoms with van der Waals surface area (Å²) in [4.78, 5) is 35.6. The van der Waals surface area contributed by atoms with Crippen LogP contribution >= 0.6 is 0 Å². The van der Waals surface area contributed by atoms with Crippen molar-refractivity contribution in [3.05, 3.63) is 29.3 Å². The van der Waals surface area contributed by atoms with Crippen molar-refractivity contribution >= 4 is 23.5 Å². The third-order valence-electron chi connectivity index (χ3n) is 4.84. The minimum Gasteiger partial charge on any atom is -0.365 e. The molecule has 3 rings (SSSR count). The van der Waals surface area contributed by atoms with Gasteiger partial charge >= 0.3 is 0 Å². The van der Waals surface area contributed by atoms with Gasteiger partial charge in [0, 0.05) is 64.8 Å². The van der Waals surface area contributed by atoms with Crippen LogP contribution in [0.2, 0.25) is 0 Å². The molecule has 1 atom stereocenters. The van der Waals surface area contributed by atoms with Gasteiger partial charge in [-0.3, -0.25) is 4.79 Å². The van der Waals surface area contributed by atoms with E-state index in [2.05, 4.69) is 30.2 Å². The molecule has 1 aliphatic heterocycles. The molecule has 0 radical (unpaired) electrons. The van der Waals surface area contributed by atoms with Gasteiger partial charge < -0.3 is 20.0 Å². The van der Waals surface area contributed by atoms with Crippen LogP contribution in [0.4, 0.5) is 17.6 Å². The van der Waals surface area contributed by atoms with Gasteiger partial charge in [-0.15, -0.1) is 0 Å². The van der Waals surface area contributed by atoms with E-state index in [1.807, 2.05) is 38.9 Å². The largest absolute Gasteiger partial charge is 0.365 e. The number of aromatic nitrogens is 4. The van der Waals surface area contributed by atoms with E-state index in [9.17, 15) is 4.79 Å². The first kappa shape index (κ1) is 19.8. The number of aryl methyl sites for hydroxylation is 1. The number of rotatable bonds is 5. The second-order valence-electron chi connectivity index (χ2n) is 7.49. The molecular weight excluding hydrogens is 356 g/mol. The van der Waals surface area contributed by atoms with Gasteiger partial charge in [0.2, 0.25) is 11.8 Å². The van der Waals surface area contributed by atoms with Crippen LogP contribution in [0.25, 0.3) is 0 Å². The zero-order chi connectivity index (χ0) is 20.4. The summed E-state index contributed by atoms with van der Waals surface area (Å²) in [6.07, 6.45) is 2.72. The quantitative estimate of drug-likeness (QED) is 0.826. The Kier molecular flexibility index (Phi) is 5.62. The van der Waals surface area contributed by atoms with Gasteiger partial charge in [-0.05, 0) is 26.3 Å². The van der Waals surface area contributed by atoms with E-state index in [0.717, 1.165) is 42.4 Å². The molecule has 2 aromatic heterocycles. The lowest BCUT2D eigenvalue weighted by Crippen LogP contribution is -2.30. The van der Waals surface area contributed by atoms with Gasteiger partial charge in [-0.25, -0.2) is 15.0 Å². The molecule has 0 bridgehead atoms. The van der Waals surface area contributed by atoms with E-state index < -0.39 is 0 Å². The first-order valence-electron chi connectivity index (χ1n) is 9.35. The van der Waals surface area contributed by atoms with Crippen LogP contribution in [-0.4, -0.2) is 78.1 Å². The van der Waals surface area contributed by atoms with Gasteiger partial charge in [-0.2, -0.15) is 4.98 Å². The third-order valence-corrected chi connectivity index (χ3v) is 4.84. The van der Waals surface area contributed by atoms with E-state index in [4.69, 9.17) is 0 Å². The predicted octanol–water partition coefficient (Wildman–Crippen LogP) is 1.34. The van der Waals surface area contributed by atoms with Crippen molar-refractivity contribution < 1.29 is 4.79 Å². The zero-order valence-electron chi connectivity index (χ0n) is 17.4. The molecule has 1 aliphatic rings. The van der Waals surface area contributed by atoms with Crippen LogP contribution < -0.4 is 15.1 Å². The highest BCUT2D eigenvalue weighted by Gasteiger charge is 2.27. The summed E-state index contributed by atoms with van der Waals surface area (Å²) < 4.78 is 0. The summed E-state index contributed by atoms with van der Waals surface area (Å²) in [7, 11) is 7.26. The molecule has 0 spiro atoms. The molecule has 9 nitrogen and oxygen atoms in total. The fourth-order valence-electron chi connectivity index (χ4n) is 3.14. The number of hydrogen-bond donors (Lipinski definition) is 1. The highest BCUT2D eigenvalue weighted by atomic mass is 16.2. The van der Waals surface area contributed by atoms with E-state index in [1.54, 1.807) is 20.3 Å². The molecule has 150 valence electrons. The Balaban J connectivity index is 1.76. The number of carbonyl (C=O) groups excluding carboxylic acids is 1. The number of hydrogen-bond acceptors (Lipinski definition) is 8. The smallest absolute Gasteiger partial charge is 0.291 e. The molecular formula is C19H28N8O. The molecule has 1 saturated heterocycles. The molecule has 0 saturated carbocycles. The van der Waals surface area contributed by atoms with Gasteiger partial charge in [0.05, 0.1) is 0 Å². The van der Waals surface area contributed by atoms with Crippen molar-refractivity contribution in [2.24, 2.45) is 0 Å². The van der Waals surface area contributed by atoms with Crippen LogP contribution in [0.3, 0.4) is 0 Å². The molecule has 1 amide bonds. The Morgan fingerprint density at radius 3 is 2.61 bits per heavy atom. The third kappa shape index (κ3) is 4.13. The topological polar surface area (TPSA) is 90.4 Å². The van der Waals surface area contributed by atoms with Crippen LogP contribution in [-0.2, 0) is 0 Å². The maximum Gasteiger partial charge on any atom is 0.291 e. The first-order chi connectivity index (χ1) is 13.3. The second-order valence-corrected chi connectivity index (χ2v) is 7.49. The summed E-state index contributed by atoms with van der Waals surface area (Å²) >= 11 is 0. The van der Waals surface area contributed by atoms with E-state index in [1.165, 1.54) is 4.90 Å². The maximum absolute atomic E-state index is 12.3. The molecule has 9 heteroatoms. The van der Waals surface area contributed by atoms with Crippen molar-refractivity contribution in [2.45, 2.75) is 26.3 Å². The lowest BCUT2D eigenvalue weighted by molar-refractivity contribution is 0.0815. The fraction of sp³-hybridized carbons (Fsp3) is 0.526. The number of carbonyl (C=O) groups is 1. The Bertz CT molecular complexity index is 867. The van der Waals surface area contributed by atoms with Gasteiger partial charge in [0.1, 0.15) is 11.6 Å². The zero-order valence-corrected chi connectivity index (χ0v) is 17.4. The van der Waals surface area contributed by atoms with Crippen LogP contribution in [0.15, 0.2) is 12.3 Å². The van der Waals surface area contributed by atoms with Gasteiger partial charge in [-0.1, -0.05) is 0 Å². The number of nitrogens with zero attached hydrogens (tertiary/aromatic N) is 7. The normalized spacial score (nSPS) is 16.2. The van der Waals surface area contributed by atoms with Crippen molar-refractivity contribution in [1.82, 2.24) is 24.8 Å². The Morgan fingerprint density at radius 2 is 1.93 bits per heavy atom. The monoisotopic (exact) mass is 384 g/mol. The molecule has 0 aliphatic carbocycles. The highest BCUT2D eigenvalue weighted by Crippen LogP contribution is 2.25. The summed E-state index contributed by atoms with van der Waals surface area (Å²) in [5.74, 6) is 2.37. The molecule has 3 heterocycles. The molecule has 0 aromatic carbocycles. The SMILES string of the molecule is Cc1nc(C(=O)N(C)C)nc(N2CC[C@@H](Nc3ccnc(N(C)C)n3)C2)c1C. The molecule has 28 heavy (non-hydrogen) atoms. The summed E-state index contributed by atoms with van der Waals surface area (Å²) in [5.41, 5.74) is 1.84. The standard InChI is InChI=1S/C19H28N8O/c1-12-13(2)21-16(18(28)25(3)4)24-17(12)27-10-8-14(11-27)22-15-7-9-20-19(23-15)26(5)6/h7,9,14H,8,10-11H2,1-6H3,(H,20,22,23)/t14-/m1/s1. The lowest BCUT2D eigenvalue weighted by atomic mass is 10.2. The maximum atomic E-state index is 12.3. The van der Waals surface area contributed by atoms with E-state index >= 15 is 0 Å². The summed E-state index contributed by atoms with van der Waals surface area (Å²) in [6, 6.07) is 2.12. The summed E-state index contributed by atoms with van der Waals surface area (Å²) in [5, 5.41) is 3.49. The number of anilines is 3. The predicted molar refractivity (Wildman–Crippen MR) is 110 cm³/mol. The average molecular weight is 384 g/mol. The van der Waals surface area contributed by atoms with Gasteiger partial charge in [0.25, 0.3) is 5.91 Å². The van der Waals surface area contributed by atoms with Crippen LogP contribution in [0, 0.1) is 13.8 Å².